The maximum Gasteiger partial charge on any atom is 0.131 e. The summed E-state index contributed by atoms with van der Waals surface area (Å²) in [5, 5.41) is 0.593. The monoisotopic (exact) mass is 250 g/mol. The number of hydrogen-bond acceptors (Lipinski definition) is 2. The van der Waals surface area contributed by atoms with Gasteiger partial charge in [-0.1, -0.05) is 32.4 Å². The minimum atomic E-state index is 0.470. The second kappa shape index (κ2) is 3.61. The number of nitrogens with zero attached hydrogens (tertiary/aromatic N) is 2. The molecule has 2 atom stereocenters. The Morgan fingerprint density at radius 2 is 1.94 bits per heavy atom. The molecule has 2 aliphatic rings. The van der Waals surface area contributed by atoms with E-state index in [4.69, 9.17) is 11.6 Å². The predicted molar refractivity (Wildman–Crippen MR) is 71.4 cm³/mol. The number of hydrogen-bond donors (Lipinski definition) is 0. The van der Waals surface area contributed by atoms with Crippen LogP contribution in [-0.2, 0) is 0 Å². The number of pyridine rings is 1. The number of halogens is 1. The summed E-state index contributed by atoms with van der Waals surface area (Å²) < 4.78 is 0. The third kappa shape index (κ3) is 1.93. The second-order valence-electron chi connectivity index (χ2n) is 6.46. The maximum absolute atomic E-state index is 5.93. The summed E-state index contributed by atoms with van der Waals surface area (Å²) in [6, 6.07) is 4.03. The molecular weight excluding hydrogens is 232 g/mol. The smallest absolute Gasteiger partial charge is 0.131 e. The van der Waals surface area contributed by atoms with Gasteiger partial charge >= 0.3 is 0 Å². The van der Waals surface area contributed by atoms with Crippen molar-refractivity contribution in [2.24, 2.45) is 23.2 Å². The van der Waals surface area contributed by atoms with E-state index in [1.807, 2.05) is 6.07 Å². The standard InChI is InChI=1S/C14H19ClN2/c1-14(2,3)13-10-7-17(8-11(10)13)9-4-5-16-12(15)6-9/h4-6,10-11,13H,7-8H2,1-3H3. The van der Waals surface area contributed by atoms with Crippen molar-refractivity contribution in [2.45, 2.75) is 20.8 Å². The van der Waals surface area contributed by atoms with Gasteiger partial charge in [0, 0.05) is 25.0 Å². The quantitative estimate of drug-likeness (QED) is 0.710. The highest BCUT2D eigenvalue weighted by molar-refractivity contribution is 6.29. The van der Waals surface area contributed by atoms with Gasteiger partial charge in [0.1, 0.15) is 5.15 Å². The van der Waals surface area contributed by atoms with E-state index in [0.717, 1.165) is 17.8 Å². The fourth-order valence-corrected chi connectivity index (χ4v) is 3.78. The van der Waals surface area contributed by atoms with Gasteiger partial charge in [0.05, 0.1) is 0 Å². The van der Waals surface area contributed by atoms with Crippen LogP contribution in [0.3, 0.4) is 0 Å². The Morgan fingerprint density at radius 3 is 2.47 bits per heavy atom. The lowest BCUT2D eigenvalue weighted by molar-refractivity contribution is 0.309. The van der Waals surface area contributed by atoms with Crippen molar-refractivity contribution in [3.63, 3.8) is 0 Å². The molecule has 1 saturated carbocycles. The van der Waals surface area contributed by atoms with Crippen molar-refractivity contribution in [3.05, 3.63) is 23.5 Å². The summed E-state index contributed by atoms with van der Waals surface area (Å²) in [6.45, 7) is 9.47. The normalized spacial score (nSPS) is 31.5. The molecule has 0 bridgehead atoms. The summed E-state index contributed by atoms with van der Waals surface area (Å²) in [5.41, 5.74) is 1.70. The molecule has 3 heteroatoms. The molecule has 2 unspecified atom stereocenters. The molecule has 0 amide bonds. The Morgan fingerprint density at radius 1 is 1.29 bits per heavy atom. The van der Waals surface area contributed by atoms with E-state index in [2.05, 4.69) is 36.7 Å². The van der Waals surface area contributed by atoms with Crippen molar-refractivity contribution in [3.8, 4) is 0 Å². The van der Waals surface area contributed by atoms with Crippen LogP contribution < -0.4 is 4.90 Å². The minimum Gasteiger partial charge on any atom is -0.371 e. The van der Waals surface area contributed by atoms with Crippen LogP contribution in [0.5, 0.6) is 0 Å². The zero-order chi connectivity index (χ0) is 12.2. The van der Waals surface area contributed by atoms with E-state index in [-0.39, 0.29) is 0 Å². The van der Waals surface area contributed by atoms with Crippen LogP contribution in [0, 0.1) is 23.2 Å². The molecule has 0 spiro atoms. The van der Waals surface area contributed by atoms with Gasteiger partial charge in [-0.2, -0.15) is 0 Å². The summed E-state index contributed by atoms with van der Waals surface area (Å²) in [4.78, 5) is 6.48. The van der Waals surface area contributed by atoms with E-state index in [9.17, 15) is 0 Å². The molecule has 17 heavy (non-hydrogen) atoms. The van der Waals surface area contributed by atoms with Crippen LogP contribution in [0.25, 0.3) is 0 Å². The van der Waals surface area contributed by atoms with E-state index >= 15 is 0 Å². The third-order valence-corrected chi connectivity index (χ3v) is 4.48. The Kier molecular flexibility index (Phi) is 2.41. The van der Waals surface area contributed by atoms with Gasteiger partial charge in [0.2, 0.25) is 0 Å². The molecule has 2 heterocycles. The van der Waals surface area contributed by atoms with Crippen LogP contribution in [0.4, 0.5) is 5.69 Å². The lowest BCUT2D eigenvalue weighted by Gasteiger charge is -2.27. The lowest BCUT2D eigenvalue weighted by atomic mass is 9.87. The van der Waals surface area contributed by atoms with E-state index in [1.54, 1.807) is 6.20 Å². The molecule has 0 aromatic carbocycles. The lowest BCUT2D eigenvalue weighted by Crippen LogP contribution is -2.27. The van der Waals surface area contributed by atoms with E-state index < -0.39 is 0 Å². The minimum absolute atomic E-state index is 0.470. The molecule has 1 aliphatic heterocycles. The van der Waals surface area contributed by atoms with Crippen LogP contribution in [0.15, 0.2) is 18.3 Å². The topological polar surface area (TPSA) is 16.1 Å². The van der Waals surface area contributed by atoms with Gasteiger partial charge in [0.25, 0.3) is 0 Å². The first-order valence-corrected chi connectivity index (χ1v) is 6.71. The first-order chi connectivity index (χ1) is 7.97. The molecule has 0 radical (unpaired) electrons. The van der Waals surface area contributed by atoms with Crippen LogP contribution in [-0.4, -0.2) is 18.1 Å². The summed E-state index contributed by atoms with van der Waals surface area (Å²) in [6.07, 6.45) is 1.79. The molecule has 2 fully saturated rings. The highest BCUT2D eigenvalue weighted by Crippen LogP contribution is 2.60. The van der Waals surface area contributed by atoms with Gasteiger partial charge in [-0.3, -0.25) is 0 Å². The molecule has 0 N–H and O–H groups in total. The molecule has 1 aliphatic carbocycles. The van der Waals surface area contributed by atoms with E-state index in [0.29, 0.717) is 10.6 Å². The van der Waals surface area contributed by atoms with Crippen LogP contribution in [0.1, 0.15) is 20.8 Å². The Balaban J connectivity index is 1.70. The molecule has 1 saturated heterocycles. The van der Waals surface area contributed by atoms with Gasteiger partial charge < -0.3 is 4.90 Å². The number of anilines is 1. The molecular formula is C14H19ClN2. The fraction of sp³-hybridized carbons (Fsp3) is 0.643. The number of rotatable bonds is 1. The SMILES string of the molecule is CC(C)(C)C1C2CN(c3ccnc(Cl)c3)CC21. The van der Waals surface area contributed by atoms with Gasteiger partial charge in [-0.05, 0) is 35.3 Å². The third-order valence-electron chi connectivity index (χ3n) is 4.27. The summed E-state index contributed by atoms with van der Waals surface area (Å²) in [5.74, 6) is 2.69. The largest absolute Gasteiger partial charge is 0.371 e. The average molecular weight is 251 g/mol. The van der Waals surface area contributed by atoms with Crippen molar-refractivity contribution in [2.75, 3.05) is 18.0 Å². The number of aromatic nitrogens is 1. The van der Waals surface area contributed by atoms with Crippen molar-refractivity contribution in [1.82, 2.24) is 4.98 Å². The zero-order valence-electron chi connectivity index (χ0n) is 10.7. The fourth-order valence-electron chi connectivity index (χ4n) is 3.61. The van der Waals surface area contributed by atoms with Crippen molar-refractivity contribution in [1.29, 1.82) is 0 Å². The highest BCUT2D eigenvalue weighted by atomic mass is 35.5. The first-order valence-electron chi connectivity index (χ1n) is 6.33. The van der Waals surface area contributed by atoms with Crippen molar-refractivity contribution < 1.29 is 0 Å². The van der Waals surface area contributed by atoms with Crippen molar-refractivity contribution >= 4 is 17.3 Å². The molecule has 2 nitrogen and oxygen atoms in total. The Labute approximate surface area is 108 Å². The maximum atomic E-state index is 5.93. The number of fused-ring (bicyclic) bond motifs is 1. The van der Waals surface area contributed by atoms with Crippen LogP contribution >= 0.6 is 11.6 Å². The predicted octanol–water partition coefficient (Wildman–Crippen LogP) is 3.46. The van der Waals surface area contributed by atoms with Crippen LogP contribution in [0.2, 0.25) is 5.15 Å². The van der Waals surface area contributed by atoms with E-state index in [1.165, 1.54) is 18.8 Å². The Hall–Kier alpha value is -0.760. The molecule has 3 rings (SSSR count). The van der Waals surface area contributed by atoms with Gasteiger partial charge in [0.15, 0.2) is 0 Å². The second-order valence-corrected chi connectivity index (χ2v) is 6.85. The van der Waals surface area contributed by atoms with Gasteiger partial charge in [-0.15, -0.1) is 0 Å². The average Bonchev–Trinajstić information content (AvgIpc) is 2.77. The molecule has 92 valence electrons. The molecule has 1 aromatic rings. The zero-order valence-corrected chi connectivity index (χ0v) is 11.4. The molecule has 1 aromatic heterocycles. The summed E-state index contributed by atoms with van der Waals surface area (Å²) >= 11 is 5.93. The van der Waals surface area contributed by atoms with Gasteiger partial charge in [-0.25, -0.2) is 4.98 Å². The Bertz CT molecular complexity index is 426. The number of piperidine rings is 1. The highest BCUT2D eigenvalue weighted by Gasteiger charge is 2.59. The summed E-state index contributed by atoms with van der Waals surface area (Å²) in [7, 11) is 0. The first kappa shape index (κ1) is 11.3.